The molecule has 0 fully saturated rings. The molecule has 1 aromatic carbocycles. The third kappa shape index (κ3) is 3.56. The topological polar surface area (TPSA) is 44.9 Å². The third-order valence-corrected chi connectivity index (χ3v) is 3.93. The van der Waals surface area contributed by atoms with Crippen LogP contribution in [0.3, 0.4) is 0 Å². The summed E-state index contributed by atoms with van der Waals surface area (Å²) in [7, 11) is 0. The van der Waals surface area contributed by atoms with E-state index in [0.717, 1.165) is 5.56 Å². The van der Waals surface area contributed by atoms with Crippen molar-refractivity contribution in [1.29, 1.82) is 0 Å². The van der Waals surface area contributed by atoms with Crippen LogP contribution in [0.25, 0.3) is 0 Å². The zero-order valence-corrected chi connectivity index (χ0v) is 12.8. The number of benzene rings is 1. The predicted octanol–water partition coefficient (Wildman–Crippen LogP) is 4.07. The normalized spacial score (nSPS) is 11.4. The zero-order chi connectivity index (χ0) is 14.8. The summed E-state index contributed by atoms with van der Waals surface area (Å²) in [6.07, 6.45) is 0. The largest absolute Gasteiger partial charge is 0.371 e. The van der Waals surface area contributed by atoms with Crippen LogP contribution < -0.4 is 10.9 Å². The van der Waals surface area contributed by atoms with E-state index in [1.807, 2.05) is 18.2 Å². The Morgan fingerprint density at radius 1 is 1.15 bits per heavy atom. The fraction of sp³-hybridized carbons (Fsp3) is 0.267. The summed E-state index contributed by atoms with van der Waals surface area (Å²) in [4.78, 5) is 14.0. The molecule has 3 nitrogen and oxygen atoms in total. The summed E-state index contributed by atoms with van der Waals surface area (Å²) in [5.41, 5.74) is 0.807. The molecular weight excluding hydrogens is 295 g/mol. The summed E-state index contributed by atoms with van der Waals surface area (Å²) < 4.78 is 0. The summed E-state index contributed by atoms with van der Waals surface area (Å²) in [5.74, 6) is 0.700. The molecule has 0 saturated heterocycles. The van der Waals surface area contributed by atoms with Crippen molar-refractivity contribution in [2.75, 3.05) is 11.9 Å². The molecule has 2 rings (SSSR count). The number of hydrogen-bond acceptors (Lipinski definition) is 2. The van der Waals surface area contributed by atoms with Gasteiger partial charge in [0.1, 0.15) is 5.82 Å². The number of pyridine rings is 1. The first-order valence-electron chi connectivity index (χ1n) is 6.27. The second kappa shape index (κ2) is 5.90. The van der Waals surface area contributed by atoms with Crippen LogP contribution in [-0.4, -0.2) is 11.5 Å². The van der Waals surface area contributed by atoms with Gasteiger partial charge in [-0.2, -0.15) is 0 Å². The van der Waals surface area contributed by atoms with Gasteiger partial charge >= 0.3 is 0 Å². The lowest BCUT2D eigenvalue weighted by atomic mass is 9.84. The number of nitrogens with one attached hydrogen (secondary N) is 2. The van der Waals surface area contributed by atoms with E-state index < -0.39 is 0 Å². The highest BCUT2D eigenvalue weighted by molar-refractivity contribution is 6.42. The van der Waals surface area contributed by atoms with Crippen LogP contribution in [0.5, 0.6) is 0 Å². The lowest BCUT2D eigenvalue weighted by molar-refractivity contribution is 0.556. The fourth-order valence-electron chi connectivity index (χ4n) is 1.89. The Labute approximate surface area is 127 Å². The van der Waals surface area contributed by atoms with Crippen molar-refractivity contribution in [3.63, 3.8) is 0 Å². The molecule has 0 atom stereocenters. The average Bonchev–Trinajstić information content (AvgIpc) is 2.40. The van der Waals surface area contributed by atoms with E-state index in [0.29, 0.717) is 22.4 Å². The molecule has 0 amide bonds. The maximum atomic E-state index is 11.2. The van der Waals surface area contributed by atoms with Crippen LogP contribution in [-0.2, 0) is 5.41 Å². The highest BCUT2D eigenvalue weighted by atomic mass is 35.5. The van der Waals surface area contributed by atoms with Gasteiger partial charge < -0.3 is 10.3 Å². The van der Waals surface area contributed by atoms with Gasteiger partial charge in [0.15, 0.2) is 0 Å². The molecular formula is C15H16Cl2N2O. The molecule has 0 unspecified atom stereocenters. The van der Waals surface area contributed by atoms with Gasteiger partial charge in [-0.15, -0.1) is 0 Å². The molecule has 1 aromatic heterocycles. The molecule has 0 spiro atoms. The van der Waals surface area contributed by atoms with E-state index in [1.165, 1.54) is 6.07 Å². The van der Waals surface area contributed by atoms with Gasteiger partial charge in [-0.1, -0.05) is 49.2 Å². The first kappa shape index (κ1) is 14.9. The minimum Gasteiger partial charge on any atom is -0.371 e. The second-order valence-corrected chi connectivity index (χ2v) is 6.11. The maximum Gasteiger partial charge on any atom is 0.249 e. The smallest absolute Gasteiger partial charge is 0.249 e. The predicted molar refractivity (Wildman–Crippen MR) is 85.0 cm³/mol. The SMILES string of the molecule is CC(C)(CNc1cccc(=O)[nH]1)c1ccc(Cl)c(Cl)c1. The van der Waals surface area contributed by atoms with Crippen molar-refractivity contribution in [3.8, 4) is 0 Å². The molecule has 5 heteroatoms. The Kier molecular flexibility index (Phi) is 4.41. The summed E-state index contributed by atoms with van der Waals surface area (Å²) in [6.45, 7) is 4.85. The minimum atomic E-state index is -0.152. The lowest BCUT2D eigenvalue weighted by Crippen LogP contribution is -2.28. The average molecular weight is 311 g/mol. The van der Waals surface area contributed by atoms with Crippen molar-refractivity contribution in [3.05, 3.63) is 62.4 Å². The van der Waals surface area contributed by atoms with Crippen LogP contribution in [0.2, 0.25) is 10.0 Å². The molecule has 0 aliphatic heterocycles. The van der Waals surface area contributed by atoms with E-state index in [9.17, 15) is 4.79 Å². The van der Waals surface area contributed by atoms with Crippen LogP contribution in [0, 0.1) is 0 Å². The molecule has 0 bridgehead atoms. The lowest BCUT2D eigenvalue weighted by Gasteiger charge is -2.26. The van der Waals surface area contributed by atoms with E-state index in [2.05, 4.69) is 24.1 Å². The van der Waals surface area contributed by atoms with E-state index in [4.69, 9.17) is 23.2 Å². The number of aromatic nitrogens is 1. The molecule has 20 heavy (non-hydrogen) atoms. The van der Waals surface area contributed by atoms with Crippen molar-refractivity contribution < 1.29 is 0 Å². The molecule has 0 radical (unpaired) electrons. The van der Waals surface area contributed by atoms with Crippen LogP contribution in [0.4, 0.5) is 5.82 Å². The monoisotopic (exact) mass is 310 g/mol. The van der Waals surface area contributed by atoms with Crippen LogP contribution in [0.1, 0.15) is 19.4 Å². The molecule has 2 N–H and O–H groups in total. The van der Waals surface area contributed by atoms with E-state index in [-0.39, 0.29) is 11.0 Å². The molecule has 2 aromatic rings. The first-order valence-corrected chi connectivity index (χ1v) is 7.03. The summed E-state index contributed by atoms with van der Waals surface area (Å²) in [6, 6.07) is 10.7. The standard InChI is InChI=1S/C15H16Cl2N2O/c1-15(2,10-6-7-11(16)12(17)8-10)9-18-13-4-3-5-14(20)19-13/h3-8H,9H2,1-2H3,(H2,18,19,20). The van der Waals surface area contributed by atoms with Gasteiger partial charge in [0, 0.05) is 18.0 Å². The van der Waals surface area contributed by atoms with E-state index >= 15 is 0 Å². The fourth-order valence-corrected chi connectivity index (χ4v) is 2.18. The van der Waals surface area contributed by atoms with Gasteiger partial charge in [0.2, 0.25) is 5.56 Å². The first-order chi connectivity index (χ1) is 9.38. The second-order valence-electron chi connectivity index (χ2n) is 5.30. The number of aromatic amines is 1. The molecule has 0 aliphatic carbocycles. The van der Waals surface area contributed by atoms with Gasteiger partial charge in [-0.05, 0) is 23.8 Å². The highest BCUT2D eigenvalue weighted by Crippen LogP contribution is 2.30. The Bertz CT molecular complexity index is 665. The number of anilines is 1. The van der Waals surface area contributed by atoms with Gasteiger partial charge in [-0.3, -0.25) is 4.79 Å². The van der Waals surface area contributed by atoms with Crippen LogP contribution >= 0.6 is 23.2 Å². The molecule has 1 heterocycles. The quantitative estimate of drug-likeness (QED) is 0.894. The number of H-pyrrole nitrogens is 1. The van der Waals surface area contributed by atoms with Gasteiger partial charge in [-0.25, -0.2) is 0 Å². The number of halogens is 2. The minimum absolute atomic E-state index is 0.123. The highest BCUT2D eigenvalue weighted by Gasteiger charge is 2.21. The number of hydrogen-bond donors (Lipinski definition) is 2. The Hall–Kier alpha value is -1.45. The van der Waals surface area contributed by atoms with Gasteiger partial charge in [0.25, 0.3) is 0 Å². The van der Waals surface area contributed by atoms with Gasteiger partial charge in [0.05, 0.1) is 10.0 Å². The van der Waals surface area contributed by atoms with Crippen molar-refractivity contribution >= 4 is 29.0 Å². The van der Waals surface area contributed by atoms with Crippen LogP contribution in [0.15, 0.2) is 41.2 Å². The van der Waals surface area contributed by atoms with Crippen molar-refractivity contribution in [2.24, 2.45) is 0 Å². The maximum absolute atomic E-state index is 11.2. The zero-order valence-electron chi connectivity index (χ0n) is 11.3. The third-order valence-electron chi connectivity index (χ3n) is 3.19. The molecule has 0 saturated carbocycles. The summed E-state index contributed by atoms with van der Waals surface area (Å²) in [5, 5.41) is 4.32. The number of rotatable bonds is 4. The molecule has 0 aliphatic rings. The summed E-state index contributed by atoms with van der Waals surface area (Å²) >= 11 is 12.0. The van der Waals surface area contributed by atoms with E-state index in [1.54, 1.807) is 12.1 Å². The Morgan fingerprint density at radius 2 is 1.90 bits per heavy atom. The van der Waals surface area contributed by atoms with Crippen molar-refractivity contribution in [1.82, 2.24) is 4.98 Å². The molecule has 106 valence electrons. The Balaban J connectivity index is 2.14. The van der Waals surface area contributed by atoms with Crippen molar-refractivity contribution in [2.45, 2.75) is 19.3 Å². The Morgan fingerprint density at radius 3 is 2.55 bits per heavy atom.